The number of phenolic OH excluding ortho intramolecular Hbond substituents is 1. The average Bonchev–Trinajstić information content (AvgIpc) is 2.99. The van der Waals surface area contributed by atoms with Crippen LogP contribution >= 0.6 is 0 Å². The van der Waals surface area contributed by atoms with Crippen molar-refractivity contribution in [1.29, 1.82) is 0 Å². The van der Waals surface area contributed by atoms with Crippen molar-refractivity contribution in [1.82, 2.24) is 0 Å². The first kappa shape index (κ1) is 10.9. The van der Waals surface area contributed by atoms with Crippen LogP contribution in [0.15, 0.2) is 17.1 Å². The summed E-state index contributed by atoms with van der Waals surface area (Å²) in [6.45, 7) is 3.94. The Labute approximate surface area is 94.8 Å². The minimum absolute atomic E-state index is 0.328. The third-order valence-corrected chi connectivity index (χ3v) is 3.29. The van der Waals surface area contributed by atoms with E-state index in [9.17, 15) is 9.90 Å². The van der Waals surface area contributed by atoms with Crippen LogP contribution in [0.4, 0.5) is 0 Å². The summed E-state index contributed by atoms with van der Waals surface area (Å²) in [5.74, 6) is 0.328. The second-order valence-electron chi connectivity index (χ2n) is 4.38. The van der Waals surface area contributed by atoms with Crippen LogP contribution in [0.3, 0.4) is 0 Å². The fraction of sp³-hybridized carbons (Fsp3) is 0.462. The number of isocyanates is 1. The molecule has 0 radical (unpaired) electrons. The molecule has 0 atom stereocenters. The van der Waals surface area contributed by atoms with Crippen molar-refractivity contribution >= 4 is 6.08 Å². The molecule has 3 nitrogen and oxygen atoms in total. The summed E-state index contributed by atoms with van der Waals surface area (Å²) in [5.41, 5.74) is 2.62. The molecule has 0 bridgehead atoms. The van der Waals surface area contributed by atoms with E-state index < -0.39 is 0 Å². The average molecular weight is 217 g/mol. The fourth-order valence-corrected chi connectivity index (χ4v) is 2.17. The van der Waals surface area contributed by atoms with Crippen molar-refractivity contribution in [3.05, 3.63) is 28.8 Å². The second kappa shape index (κ2) is 3.76. The van der Waals surface area contributed by atoms with Crippen LogP contribution in [0.1, 0.15) is 36.5 Å². The monoisotopic (exact) mass is 217 g/mol. The molecule has 0 saturated heterocycles. The normalized spacial score (nSPS) is 16.6. The molecule has 1 aromatic rings. The molecule has 1 aromatic carbocycles. The van der Waals surface area contributed by atoms with E-state index in [0.717, 1.165) is 36.0 Å². The second-order valence-corrected chi connectivity index (χ2v) is 4.38. The first-order valence-electron chi connectivity index (χ1n) is 5.55. The SMILES string of the molecule is CCc1cc(C2(N=C=O)CC2)c(C)cc1O. The van der Waals surface area contributed by atoms with Gasteiger partial charge in [0.25, 0.3) is 0 Å². The van der Waals surface area contributed by atoms with E-state index >= 15 is 0 Å². The Hall–Kier alpha value is -1.60. The minimum Gasteiger partial charge on any atom is -0.508 e. The molecule has 84 valence electrons. The molecule has 0 heterocycles. The van der Waals surface area contributed by atoms with Crippen molar-refractivity contribution in [3.63, 3.8) is 0 Å². The Balaban J connectivity index is 2.53. The largest absolute Gasteiger partial charge is 0.508 e. The van der Waals surface area contributed by atoms with Crippen LogP contribution in [0.25, 0.3) is 0 Å². The van der Waals surface area contributed by atoms with E-state index in [1.54, 1.807) is 12.1 Å². The third-order valence-electron chi connectivity index (χ3n) is 3.29. The predicted octanol–water partition coefficient (Wildman–Crippen LogP) is 2.59. The highest BCUT2D eigenvalue weighted by Gasteiger charge is 2.45. The zero-order valence-electron chi connectivity index (χ0n) is 9.58. The number of nitrogens with zero attached hydrogens (tertiary/aromatic N) is 1. The van der Waals surface area contributed by atoms with Gasteiger partial charge in [0.1, 0.15) is 5.75 Å². The van der Waals surface area contributed by atoms with Gasteiger partial charge in [0.15, 0.2) is 0 Å². The van der Waals surface area contributed by atoms with Gasteiger partial charge in [-0.3, -0.25) is 0 Å². The molecule has 1 fully saturated rings. The number of aryl methyl sites for hydroxylation is 2. The van der Waals surface area contributed by atoms with Crippen molar-refractivity contribution < 1.29 is 9.90 Å². The van der Waals surface area contributed by atoms with Crippen LogP contribution in [0, 0.1) is 6.92 Å². The number of phenols is 1. The molecule has 0 amide bonds. The summed E-state index contributed by atoms with van der Waals surface area (Å²) in [4.78, 5) is 14.3. The molecule has 1 saturated carbocycles. The van der Waals surface area contributed by atoms with E-state index in [4.69, 9.17) is 0 Å². The zero-order valence-corrected chi connectivity index (χ0v) is 9.58. The molecule has 3 heteroatoms. The first-order chi connectivity index (χ1) is 7.63. The Bertz CT molecular complexity index is 469. The maximum atomic E-state index is 10.4. The van der Waals surface area contributed by atoms with Gasteiger partial charge >= 0.3 is 0 Å². The van der Waals surface area contributed by atoms with Gasteiger partial charge in [0.2, 0.25) is 6.08 Å². The summed E-state index contributed by atoms with van der Waals surface area (Å²) in [5, 5.41) is 9.72. The van der Waals surface area contributed by atoms with Gasteiger partial charge in [0.05, 0.1) is 5.54 Å². The van der Waals surface area contributed by atoms with E-state index in [0.29, 0.717) is 5.75 Å². The molecule has 0 aliphatic heterocycles. The van der Waals surface area contributed by atoms with Gasteiger partial charge in [-0.25, -0.2) is 4.79 Å². The molecule has 2 rings (SSSR count). The van der Waals surface area contributed by atoms with Gasteiger partial charge in [-0.05, 0) is 55.0 Å². The summed E-state index contributed by atoms with van der Waals surface area (Å²) in [6.07, 6.45) is 4.24. The number of aliphatic imine (C=N–C) groups is 1. The van der Waals surface area contributed by atoms with E-state index in [-0.39, 0.29) is 5.54 Å². The van der Waals surface area contributed by atoms with E-state index in [2.05, 4.69) is 4.99 Å². The Morgan fingerprint density at radius 3 is 2.69 bits per heavy atom. The lowest BCUT2D eigenvalue weighted by molar-refractivity contribution is 0.467. The van der Waals surface area contributed by atoms with Gasteiger partial charge < -0.3 is 5.11 Å². The molecule has 0 unspecified atom stereocenters. The van der Waals surface area contributed by atoms with E-state index in [1.165, 1.54) is 0 Å². The Morgan fingerprint density at radius 1 is 1.50 bits per heavy atom. The highest BCUT2D eigenvalue weighted by atomic mass is 16.3. The number of hydrogen-bond donors (Lipinski definition) is 1. The molecule has 0 aromatic heterocycles. The standard InChI is InChI=1S/C13H15NO2/c1-3-10-7-11(9(2)6-12(10)16)13(4-5-13)14-8-15/h6-7,16H,3-5H2,1-2H3. The van der Waals surface area contributed by atoms with Crippen LogP contribution in [0.2, 0.25) is 0 Å². The van der Waals surface area contributed by atoms with Gasteiger partial charge in [-0.1, -0.05) is 6.92 Å². The smallest absolute Gasteiger partial charge is 0.235 e. The third kappa shape index (κ3) is 1.63. The lowest BCUT2D eigenvalue weighted by Crippen LogP contribution is -2.06. The molecule has 1 N–H and O–H groups in total. The maximum absolute atomic E-state index is 10.4. The van der Waals surface area contributed by atoms with Crippen LogP contribution in [-0.2, 0) is 16.8 Å². The summed E-state index contributed by atoms with van der Waals surface area (Å²) < 4.78 is 0. The molecular weight excluding hydrogens is 202 g/mol. The lowest BCUT2D eigenvalue weighted by atomic mass is 9.95. The van der Waals surface area contributed by atoms with Crippen molar-refractivity contribution in [2.75, 3.05) is 0 Å². The number of carbonyl (C=O) groups excluding carboxylic acids is 1. The Morgan fingerprint density at radius 2 is 2.19 bits per heavy atom. The Kier molecular flexibility index (Phi) is 2.56. The summed E-state index contributed by atoms with van der Waals surface area (Å²) in [7, 11) is 0. The lowest BCUT2D eigenvalue weighted by Gasteiger charge is -2.14. The van der Waals surface area contributed by atoms with Crippen molar-refractivity contribution in [2.24, 2.45) is 4.99 Å². The summed E-state index contributed by atoms with van der Waals surface area (Å²) >= 11 is 0. The van der Waals surface area contributed by atoms with Gasteiger partial charge in [-0.15, -0.1) is 0 Å². The zero-order chi connectivity index (χ0) is 11.8. The molecule has 0 spiro atoms. The predicted molar refractivity (Wildman–Crippen MR) is 61.3 cm³/mol. The molecule has 1 aliphatic rings. The highest BCUT2D eigenvalue weighted by Crippen LogP contribution is 2.51. The number of rotatable bonds is 3. The van der Waals surface area contributed by atoms with Crippen LogP contribution in [0.5, 0.6) is 5.75 Å². The number of aromatic hydroxyl groups is 1. The van der Waals surface area contributed by atoms with Crippen LogP contribution in [-0.4, -0.2) is 11.2 Å². The highest BCUT2D eigenvalue weighted by molar-refractivity contribution is 5.49. The van der Waals surface area contributed by atoms with Crippen molar-refractivity contribution in [2.45, 2.75) is 38.6 Å². The van der Waals surface area contributed by atoms with Gasteiger partial charge in [0, 0.05) is 0 Å². The summed E-state index contributed by atoms with van der Waals surface area (Å²) in [6, 6.07) is 3.73. The number of benzene rings is 1. The topological polar surface area (TPSA) is 49.7 Å². The minimum atomic E-state index is -0.344. The maximum Gasteiger partial charge on any atom is 0.235 e. The molecule has 1 aliphatic carbocycles. The van der Waals surface area contributed by atoms with Gasteiger partial charge in [-0.2, -0.15) is 4.99 Å². The van der Waals surface area contributed by atoms with Crippen LogP contribution < -0.4 is 0 Å². The number of hydrogen-bond acceptors (Lipinski definition) is 3. The van der Waals surface area contributed by atoms with Crippen molar-refractivity contribution in [3.8, 4) is 5.75 Å². The first-order valence-corrected chi connectivity index (χ1v) is 5.55. The molecule has 16 heavy (non-hydrogen) atoms. The molecular formula is C13H15NO2. The quantitative estimate of drug-likeness (QED) is 0.625. The van der Waals surface area contributed by atoms with E-state index in [1.807, 2.05) is 19.9 Å². The fourth-order valence-electron chi connectivity index (χ4n) is 2.17.